The summed E-state index contributed by atoms with van der Waals surface area (Å²) < 4.78 is 11.9. The number of hydrogen-bond donors (Lipinski definition) is 0. The van der Waals surface area contributed by atoms with Gasteiger partial charge in [-0.1, -0.05) is 107 Å². The molecule has 1 fully saturated rings. The van der Waals surface area contributed by atoms with E-state index < -0.39 is 8.32 Å². The number of esters is 1. The van der Waals surface area contributed by atoms with Crippen molar-refractivity contribution in [1.29, 1.82) is 0 Å². The van der Waals surface area contributed by atoms with Crippen molar-refractivity contribution in [1.82, 2.24) is 0 Å². The van der Waals surface area contributed by atoms with E-state index in [0.717, 1.165) is 0 Å². The number of carbonyl (C=O) groups excluding carboxylic acids is 1. The van der Waals surface area contributed by atoms with Crippen LogP contribution in [0.4, 0.5) is 0 Å². The molecule has 0 bridgehead atoms. The van der Waals surface area contributed by atoms with Crippen LogP contribution in [-0.4, -0.2) is 28.0 Å². The molecule has 1 aliphatic rings. The van der Waals surface area contributed by atoms with Gasteiger partial charge >= 0.3 is 5.97 Å². The molecule has 0 N–H and O–H groups in total. The van der Waals surface area contributed by atoms with Crippen LogP contribution in [-0.2, 0) is 14.0 Å². The van der Waals surface area contributed by atoms with Gasteiger partial charge in [0.2, 0.25) is 0 Å². The average Bonchev–Trinajstić information content (AvgIpc) is 3.42. The third-order valence-corrected chi connectivity index (χ3v) is 11.6. The molecule has 1 aliphatic carbocycles. The van der Waals surface area contributed by atoms with Crippen LogP contribution in [0.5, 0.6) is 0 Å². The van der Waals surface area contributed by atoms with Crippen molar-refractivity contribution in [3.8, 4) is 0 Å². The van der Waals surface area contributed by atoms with Crippen LogP contribution < -0.4 is 10.4 Å². The van der Waals surface area contributed by atoms with Gasteiger partial charge in [0.05, 0.1) is 13.0 Å². The third kappa shape index (κ3) is 4.86. The highest BCUT2D eigenvalue weighted by Crippen LogP contribution is 2.47. The van der Waals surface area contributed by atoms with Crippen LogP contribution in [0, 0.1) is 23.7 Å². The summed E-state index contributed by atoms with van der Waals surface area (Å²) in [6, 6.07) is 21.5. The Morgan fingerprint density at radius 1 is 1.03 bits per heavy atom. The lowest BCUT2D eigenvalue weighted by Crippen LogP contribution is -2.66. The van der Waals surface area contributed by atoms with E-state index in [1.54, 1.807) is 0 Å². The molecule has 0 amide bonds. The number of allylic oxidation sites excluding steroid dienone is 1. The second-order valence-electron chi connectivity index (χ2n) is 9.82. The minimum absolute atomic E-state index is 0.00560. The third-order valence-electron chi connectivity index (χ3n) is 6.56. The van der Waals surface area contributed by atoms with Crippen LogP contribution in [0.15, 0.2) is 72.8 Å². The molecule has 3 nitrogen and oxygen atoms in total. The minimum Gasteiger partial charge on any atom is -0.469 e. The highest BCUT2D eigenvalue weighted by molar-refractivity contribution is 6.99. The van der Waals surface area contributed by atoms with Gasteiger partial charge in [0.25, 0.3) is 8.32 Å². The van der Waals surface area contributed by atoms with Crippen molar-refractivity contribution < 1.29 is 14.0 Å². The number of methoxy groups -OCH3 is 1. The predicted molar refractivity (Wildman–Crippen MR) is 130 cm³/mol. The van der Waals surface area contributed by atoms with Gasteiger partial charge in [-0.05, 0) is 33.2 Å². The monoisotopic (exact) mass is 436 g/mol. The van der Waals surface area contributed by atoms with Crippen LogP contribution in [0.1, 0.15) is 34.6 Å². The molecule has 0 aliphatic heterocycles. The Hall–Kier alpha value is -2.17. The van der Waals surface area contributed by atoms with E-state index in [-0.39, 0.29) is 28.8 Å². The first kappa shape index (κ1) is 23.5. The van der Waals surface area contributed by atoms with Crippen LogP contribution in [0.3, 0.4) is 0 Å². The summed E-state index contributed by atoms with van der Waals surface area (Å²) in [4.78, 5) is 11.8. The summed E-state index contributed by atoms with van der Waals surface area (Å²) in [5, 5.41) is 2.57. The average molecular weight is 437 g/mol. The molecule has 1 saturated carbocycles. The minimum atomic E-state index is -2.51. The molecule has 4 atom stereocenters. The largest absolute Gasteiger partial charge is 0.469 e. The summed E-state index contributed by atoms with van der Waals surface area (Å²) in [6.07, 6.45) is 4.40. The lowest BCUT2D eigenvalue weighted by atomic mass is 10.1. The van der Waals surface area contributed by atoms with Crippen LogP contribution in [0.2, 0.25) is 5.04 Å². The topological polar surface area (TPSA) is 35.5 Å². The zero-order valence-corrected chi connectivity index (χ0v) is 20.7. The van der Waals surface area contributed by atoms with Gasteiger partial charge in [-0.15, -0.1) is 0 Å². The first-order valence-electron chi connectivity index (χ1n) is 11.2. The molecule has 31 heavy (non-hydrogen) atoms. The molecular weight excluding hydrogens is 400 g/mol. The summed E-state index contributed by atoms with van der Waals surface area (Å²) in [5.41, 5.74) is 0. The van der Waals surface area contributed by atoms with Crippen molar-refractivity contribution in [2.75, 3.05) is 13.7 Å². The lowest BCUT2D eigenvalue weighted by molar-refractivity contribution is -0.142. The van der Waals surface area contributed by atoms with Gasteiger partial charge in [0.1, 0.15) is 0 Å². The second-order valence-corrected chi connectivity index (χ2v) is 14.1. The number of hydrogen-bond acceptors (Lipinski definition) is 3. The van der Waals surface area contributed by atoms with Gasteiger partial charge in [-0.25, -0.2) is 0 Å². The Kier molecular flexibility index (Phi) is 7.23. The lowest BCUT2D eigenvalue weighted by Gasteiger charge is -2.43. The van der Waals surface area contributed by atoms with E-state index in [2.05, 4.69) is 107 Å². The Labute approximate surface area is 188 Å². The zero-order valence-electron chi connectivity index (χ0n) is 19.7. The summed E-state index contributed by atoms with van der Waals surface area (Å²) >= 11 is 0. The molecule has 2 aromatic rings. The summed E-state index contributed by atoms with van der Waals surface area (Å²) in [6.45, 7) is 11.8. The van der Waals surface area contributed by atoms with E-state index >= 15 is 0 Å². The van der Waals surface area contributed by atoms with E-state index in [1.165, 1.54) is 17.5 Å². The van der Waals surface area contributed by atoms with Crippen molar-refractivity contribution in [2.24, 2.45) is 23.7 Å². The maximum atomic E-state index is 11.8. The predicted octanol–water partition coefficient (Wildman–Crippen LogP) is 4.81. The Morgan fingerprint density at radius 2 is 1.55 bits per heavy atom. The molecule has 3 rings (SSSR count). The molecule has 4 heteroatoms. The van der Waals surface area contributed by atoms with Gasteiger partial charge < -0.3 is 9.16 Å². The Bertz CT molecular complexity index is 846. The molecule has 0 aromatic heterocycles. The SMILES string of the molecule is COC(=O)[C@H]1[C@H](C)[C@@H]1/C=C/[C@@H](C)CO[Si](c1ccccc1)(c1ccccc1)C(C)(C)C. The number of carbonyl (C=O) groups is 1. The van der Waals surface area contributed by atoms with Crippen LogP contribution in [0.25, 0.3) is 0 Å². The quantitative estimate of drug-likeness (QED) is 0.338. The van der Waals surface area contributed by atoms with Gasteiger partial charge in [0, 0.05) is 6.61 Å². The maximum Gasteiger partial charge on any atom is 0.309 e. The second kappa shape index (κ2) is 9.54. The normalized spacial score (nSPS) is 22.3. The first-order chi connectivity index (χ1) is 14.7. The van der Waals surface area contributed by atoms with Crippen molar-refractivity contribution in [3.05, 3.63) is 72.8 Å². The van der Waals surface area contributed by atoms with E-state index in [0.29, 0.717) is 12.5 Å². The van der Waals surface area contributed by atoms with Crippen molar-refractivity contribution in [3.63, 3.8) is 0 Å². The molecule has 0 heterocycles. The summed E-state index contributed by atoms with van der Waals surface area (Å²) in [5.74, 6) is 0.799. The highest BCUT2D eigenvalue weighted by atomic mass is 28.4. The van der Waals surface area contributed by atoms with E-state index in [1.807, 2.05) is 0 Å². The summed E-state index contributed by atoms with van der Waals surface area (Å²) in [7, 11) is -1.04. The molecule has 0 radical (unpaired) electrons. The Balaban J connectivity index is 1.83. The number of ether oxygens (including phenoxy) is 1. The Morgan fingerprint density at radius 3 is 2.00 bits per heavy atom. The fourth-order valence-electron chi connectivity index (χ4n) is 4.69. The van der Waals surface area contributed by atoms with Gasteiger partial charge in [-0.2, -0.15) is 0 Å². The standard InChI is InChI=1S/C27H36O3Si/c1-20(17-18-24-21(2)25(24)26(28)29-6)19-30-31(27(3,4)5,22-13-9-7-10-14-22)23-15-11-8-12-16-23/h7-18,20-21,24-25H,19H2,1-6H3/b18-17+/t20-,21-,24+,25+/m1/s1. The number of benzene rings is 2. The molecule has 0 saturated heterocycles. The molecular formula is C27H36O3Si. The van der Waals surface area contributed by atoms with Crippen LogP contribution >= 0.6 is 0 Å². The molecule has 0 spiro atoms. The van der Waals surface area contributed by atoms with Gasteiger partial charge in [-0.3, -0.25) is 4.79 Å². The van der Waals surface area contributed by atoms with Gasteiger partial charge in [0.15, 0.2) is 0 Å². The molecule has 2 aromatic carbocycles. The maximum absolute atomic E-state index is 11.8. The van der Waals surface area contributed by atoms with Crippen molar-refractivity contribution >= 4 is 24.7 Å². The molecule has 0 unspecified atom stereocenters. The van der Waals surface area contributed by atoms with Crippen molar-refractivity contribution in [2.45, 2.75) is 39.7 Å². The highest BCUT2D eigenvalue weighted by Gasteiger charge is 2.51. The van der Waals surface area contributed by atoms with E-state index in [4.69, 9.17) is 9.16 Å². The molecule has 166 valence electrons. The zero-order chi connectivity index (χ0) is 22.6. The fourth-order valence-corrected chi connectivity index (χ4v) is 9.36. The number of rotatable bonds is 8. The van der Waals surface area contributed by atoms with E-state index in [9.17, 15) is 4.79 Å². The smallest absolute Gasteiger partial charge is 0.309 e. The fraction of sp³-hybridized carbons (Fsp3) is 0.444. The first-order valence-corrected chi connectivity index (χ1v) is 13.1.